The average Bonchev–Trinajstić information content (AvgIpc) is 4.37. The van der Waals surface area contributed by atoms with Crippen LogP contribution in [0.2, 0.25) is 0 Å². The first kappa shape index (κ1) is 41.1. The lowest BCUT2D eigenvalue weighted by Gasteiger charge is -2.27. The Bertz CT molecular complexity index is 5060. The Morgan fingerprint density at radius 2 is 0.467 bits per heavy atom. The van der Waals surface area contributed by atoms with Crippen LogP contribution in [0.4, 0.5) is 0 Å². The van der Waals surface area contributed by atoms with Crippen molar-refractivity contribution in [1.29, 1.82) is 10.5 Å². The number of benzene rings is 11. The number of nitriles is 2. The summed E-state index contributed by atoms with van der Waals surface area (Å²) < 4.78 is 11.5. The Morgan fingerprint density at radius 3 is 0.813 bits per heavy atom. The van der Waals surface area contributed by atoms with Gasteiger partial charge in [0.25, 0.3) is 0 Å². The fourth-order valence-corrected chi connectivity index (χ4v) is 12.8. The Morgan fingerprint density at radius 1 is 0.213 bits per heavy atom. The molecule has 5 aromatic heterocycles. The molecule has 0 fully saturated rings. The predicted molar refractivity (Wildman–Crippen MR) is 308 cm³/mol. The average molecular weight is 954 g/mol. The fourth-order valence-electron chi connectivity index (χ4n) is 12.8. The van der Waals surface area contributed by atoms with Crippen molar-refractivity contribution >= 4 is 109 Å². The molecule has 16 aromatic rings. The van der Waals surface area contributed by atoms with Crippen molar-refractivity contribution in [1.82, 2.24) is 22.8 Å². The number of rotatable bonds is 5. The maximum Gasteiger partial charge on any atom is 0.104 e. The third-order valence-corrected chi connectivity index (χ3v) is 15.7. The maximum absolute atomic E-state index is 12.6. The highest BCUT2D eigenvalue weighted by atomic mass is 15.1. The van der Waals surface area contributed by atoms with Crippen LogP contribution >= 0.6 is 0 Å². The van der Waals surface area contributed by atoms with Gasteiger partial charge in [-0.1, -0.05) is 164 Å². The molecule has 0 radical (unpaired) electrons. The molecule has 346 valence electrons. The Kier molecular flexibility index (Phi) is 8.46. The van der Waals surface area contributed by atoms with Gasteiger partial charge in [-0.25, -0.2) is 0 Å². The molecule has 16 rings (SSSR count). The largest absolute Gasteiger partial charge is 0.309 e. The highest BCUT2D eigenvalue weighted by molar-refractivity contribution is 6.21. The first-order valence-electron chi connectivity index (χ1n) is 25.2. The molecule has 0 N–H and O–H groups in total. The number of para-hydroxylation sites is 9. The standard InChI is InChI=1S/C68H39N7/c69-40-53-65(72-56-31-13-4-22-43(56)44-23-5-14-32-57(44)72)54(41-70)67(75-62-37-19-11-29-50(62)52-38-51-49-28-10-12-30-55(49)71(63(51)39-64(52)75)42-20-2-1-3-21-42)68(74-60-35-17-8-26-47(60)48-27-9-18-36-61(48)74)66(53)73-58-33-15-6-24-45(58)46-25-7-16-34-59(46)73/h1-39H. The molecule has 0 atom stereocenters. The quantitative estimate of drug-likeness (QED) is 0.172. The lowest BCUT2D eigenvalue weighted by atomic mass is 9.98. The van der Waals surface area contributed by atoms with Crippen molar-refractivity contribution in [2.24, 2.45) is 0 Å². The Labute approximate surface area is 428 Å². The van der Waals surface area contributed by atoms with Gasteiger partial charge in [0.2, 0.25) is 0 Å². The highest BCUT2D eigenvalue weighted by Gasteiger charge is 2.35. The van der Waals surface area contributed by atoms with Crippen LogP contribution in [0.1, 0.15) is 11.1 Å². The minimum atomic E-state index is 0.366. The van der Waals surface area contributed by atoms with Crippen LogP contribution in [0, 0.1) is 22.7 Å². The van der Waals surface area contributed by atoms with Crippen molar-refractivity contribution in [2.45, 2.75) is 0 Å². The number of hydrogen-bond acceptors (Lipinski definition) is 2. The van der Waals surface area contributed by atoms with E-state index in [-0.39, 0.29) is 0 Å². The van der Waals surface area contributed by atoms with Gasteiger partial charge in [-0.2, -0.15) is 10.5 Å². The molecule has 0 aliphatic carbocycles. The molecule has 0 bridgehead atoms. The van der Waals surface area contributed by atoms with E-state index >= 15 is 0 Å². The first-order valence-corrected chi connectivity index (χ1v) is 25.2. The van der Waals surface area contributed by atoms with Crippen molar-refractivity contribution in [3.8, 4) is 40.6 Å². The molecule has 0 saturated heterocycles. The third-order valence-electron chi connectivity index (χ3n) is 15.7. The molecule has 0 spiro atoms. The summed E-state index contributed by atoms with van der Waals surface area (Å²) >= 11 is 0. The van der Waals surface area contributed by atoms with Gasteiger partial charge < -0.3 is 22.8 Å². The van der Waals surface area contributed by atoms with Gasteiger partial charge in [0, 0.05) is 59.5 Å². The van der Waals surface area contributed by atoms with Gasteiger partial charge in [-0.15, -0.1) is 0 Å². The number of aromatic nitrogens is 5. The maximum atomic E-state index is 12.6. The molecule has 0 amide bonds. The zero-order valence-corrected chi connectivity index (χ0v) is 40.1. The monoisotopic (exact) mass is 953 g/mol. The lowest BCUT2D eigenvalue weighted by Crippen LogP contribution is -2.17. The Hall–Kier alpha value is -10.6. The van der Waals surface area contributed by atoms with Gasteiger partial charge in [0.15, 0.2) is 0 Å². The SMILES string of the molecule is N#Cc1c(-n2c3ccccc3c3ccccc32)c(C#N)c(-n2c3ccccc3c3cc4c5ccccc5n(-c5ccccc5)c4cc32)c(-n2c3ccccc3c3ccccc32)c1-n1c2ccccc2c2ccccc21. The summed E-state index contributed by atoms with van der Waals surface area (Å²) in [7, 11) is 0. The van der Waals surface area contributed by atoms with E-state index in [0.717, 1.165) is 115 Å². The molecule has 0 unspecified atom stereocenters. The van der Waals surface area contributed by atoms with Gasteiger partial charge >= 0.3 is 0 Å². The van der Waals surface area contributed by atoms with Crippen LogP contribution in [0.3, 0.4) is 0 Å². The highest BCUT2D eigenvalue weighted by Crippen LogP contribution is 2.49. The molecule has 0 aliphatic heterocycles. The van der Waals surface area contributed by atoms with Crippen molar-refractivity contribution in [3.63, 3.8) is 0 Å². The minimum absolute atomic E-state index is 0.366. The summed E-state index contributed by atoms with van der Waals surface area (Å²) in [5.74, 6) is 0. The van der Waals surface area contributed by atoms with E-state index in [1.165, 1.54) is 0 Å². The van der Waals surface area contributed by atoms with E-state index in [1.54, 1.807) is 0 Å². The Balaban J connectivity index is 1.23. The summed E-state index contributed by atoms with van der Waals surface area (Å²) in [5, 5.41) is 35.7. The molecule has 7 heteroatoms. The summed E-state index contributed by atoms with van der Waals surface area (Å²) in [6.45, 7) is 0. The molecule has 0 saturated carbocycles. The normalized spacial score (nSPS) is 12.0. The van der Waals surface area contributed by atoms with Gasteiger partial charge in [-0.3, -0.25) is 0 Å². The smallest absolute Gasteiger partial charge is 0.104 e. The first-order chi connectivity index (χ1) is 37.2. The molecule has 0 aliphatic rings. The van der Waals surface area contributed by atoms with E-state index in [1.807, 2.05) is 12.1 Å². The zero-order chi connectivity index (χ0) is 49.5. The second-order valence-corrected chi connectivity index (χ2v) is 19.4. The number of nitrogens with zero attached hydrogens (tertiary/aromatic N) is 7. The van der Waals surface area contributed by atoms with Crippen LogP contribution in [-0.2, 0) is 0 Å². The van der Waals surface area contributed by atoms with E-state index in [4.69, 9.17) is 0 Å². The second-order valence-electron chi connectivity index (χ2n) is 19.4. The third kappa shape index (κ3) is 5.45. The van der Waals surface area contributed by atoms with Crippen LogP contribution in [0.25, 0.3) is 137 Å². The summed E-state index contributed by atoms with van der Waals surface area (Å²) in [4.78, 5) is 0. The topological polar surface area (TPSA) is 72.2 Å². The van der Waals surface area contributed by atoms with Crippen LogP contribution in [0.5, 0.6) is 0 Å². The second kappa shape index (κ2) is 15.5. The van der Waals surface area contributed by atoms with Gasteiger partial charge in [0.05, 0.1) is 77.9 Å². The van der Waals surface area contributed by atoms with Crippen molar-refractivity contribution in [2.75, 3.05) is 0 Å². The van der Waals surface area contributed by atoms with Crippen LogP contribution < -0.4 is 0 Å². The van der Waals surface area contributed by atoms with E-state index in [2.05, 4.69) is 259 Å². The van der Waals surface area contributed by atoms with Crippen LogP contribution in [-0.4, -0.2) is 22.8 Å². The number of fused-ring (bicyclic) bond motifs is 15. The van der Waals surface area contributed by atoms with E-state index < -0.39 is 0 Å². The van der Waals surface area contributed by atoms with Crippen molar-refractivity contribution in [3.05, 3.63) is 248 Å². The van der Waals surface area contributed by atoms with E-state index in [0.29, 0.717) is 33.9 Å². The number of hydrogen-bond donors (Lipinski definition) is 0. The summed E-state index contributed by atoms with van der Waals surface area (Å²) in [6.07, 6.45) is 0. The van der Waals surface area contributed by atoms with Crippen molar-refractivity contribution < 1.29 is 0 Å². The fraction of sp³-hybridized carbons (Fsp3) is 0. The van der Waals surface area contributed by atoms with Gasteiger partial charge in [-0.05, 0) is 72.8 Å². The van der Waals surface area contributed by atoms with Crippen LogP contribution in [0.15, 0.2) is 237 Å². The molecule has 75 heavy (non-hydrogen) atoms. The molecule has 5 heterocycles. The predicted octanol–water partition coefficient (Wildman–Crippen LogP) is 16.9. The molecular formula is C68H39N7. The molecule has 7 nitrogen and oxygen atoms in total. The minimum Gasteiger partial charge on any atom is -0.309 e. The molecular weight excluding hydrogens is 915 g/mol. The molecule has 11 aromatic carbocycles. The summed E-state index contributed by atoms with van der Waals surface area (Å²) in [6, 6.07) is 88.9. The summed E-state index contributed by atoms with van der Waals surface area (Å²) in [5.41, 5.74) is 13.9. The zero-order valence-electron chi connectivity index (χ0n) is 40.1. The lowest BCUT2D eigenvalue weighted by molar-refractivity contribution is 1.02. The van der Waals surface area contributed by atoms with Gasteiger partial charge in [0.1, 0.15) is 23.3 Å². The van der Waals surface area contributed by atoms with E-state index in [9.17, 15) is 10.5 Å².